The Hall–Kier alpha value is -2.57. The molecule has 20 heavy (non-hydrogen) atoms. The van der Waals surface area contributed by atoms with Gasteiger partial charge in [0.05, 0.1) is 5.56 Å². The third-order valence-corrected chi connectivity index (χ3v) is 2.83. The average Bonchev–Trinajstić information content (AvgIpc) is 2.77. The largest absolute Gasteiger partial charge is 0.419 e. The fourth-order valence-electron chi connectivity index (χ4n) is 2.03. The van der Waals surface area contributed by atoms with Crippen LogP contribution in [0.15, 0.2) is 45.7 Å². The van der Waals surface area contributed by atoms with Gasteiger partial charge < -0.3 is 4.42 Å². The summed E-state index contributed by atoms with van der Waals surface area (Å²) in [7, 11) is 0. The Labute approximate surface area is 109 Å². The van der Waals surface area contributed by atoms with Gasteiger partial charge in [-0.05, 0) is 5.56 Å². The predicted octanol–water partition coefficient (Wildman–Crippen LogP) is 3.20. The molecule has 0 unspecified atom stereocenters. The molecule has 3 aromatic rings. The molecule has 0 aliphatic rings. The smallest absolute Gasteiger partial charge is 0.389 e. The molecule has 102 valence electrons. The maximum Gasteiger partial charge on any atom is 0.419 e. The van der Waals surface area contributed by atoms with Gasteiger partial charge in [-0.25, -0.2) is 9.78 Å². The Morgan fingerprint density at radius 3 is 2.50 bits per heavy atom. The molecule has 0 amide bonds. The van der Waals surface area contributed by atoms with E-state index in [9.17, 15) is 18.0 Å². The van der Waals surface area contributed by atoms with Gasteiger partial charge in [-0.2, -0.15) is 13.2 Å². The Bertz CT molecular complexity index is 819. The van der Waals surface area contributed by atoms with E-state index in [0.29, 0.717) is 5.56 Å². The Morgan fingerprint density at radius 1 is 1.15 bits per heavy atom. The van der Waals surface area contributed by atoms with Crippen LogP contribution in [0.1, 0.15) is 5.56 Å². The molecule has 0 saturated heterocycles. The van der Waals surface area contributed by atoms with Crippen molar-refractivity contribution in [1.82, 2.24) is 9.97 Å². The molecule has 0 atom stereocenters. The highest BCUT2D eigenvalue weighted by atomic mass is 19.4. The van der Waals surface area contributed by atoms with Crippen molar-refractivity contribution in [3.63, 3.8) is 0 Å². The van der Waals surface area contributed by atoms with Gasteiger partial charge in [0.25, 0.3) is 0 Å². The number of aromatic nitrogens is 2. The third-order valence-electron chi connectivity index (χ3n) is 2.83. The van der Waals surface area contributed by atoms with Crippen molar-refractivity contribution in [3.05, 3.63) is 52.6 Å². The molecular weight excluding hydrogens is 273 g/mol. The fraction of sp³-hybridized carbons (Fsp3) is 0.0769. The van der Waals surface area contributed by atoms with Crippen LogP contribution in [0, 0.1) is 0 Å². The first-order chi connectivity index (χ1) is 9.47. The maximum atomic E-state index is 13.3. The quantitative estimate of drug-likeness (QED) is 0.744. The normalized spacial score (nSPS) is 11.9. The zero-order chi connectivity index (χ0) is 14.3. The number of nitrogens with one attached hydrogen (secondary N) is 1. The predicted molar refractivity (Wildman–Crippen MR) is 65.1 cm³/mol. The molecule has 3 rings (SSSR count). The van der Waals surface area contributed by atoms with Crippen molar-refractivity contribution in [3.8, 4) is 11.1 Å². The molecule has 7 heteroatoms. The topological polar surface area (TPSA) is 58.9 Å². The van der Waals surface area contributed by atoms with Crippen LogP contribution in [-0.4, -0.2) is 9.97 Å². The van der Waals surface area contributed by atoms with E-state index in [1.165, 1.54) is 12.1 Å². The average molecular weight is 280 g/mol. The molecule has 0 aliphatic carbocycles. The highest BCUT2D eigenvalue weighted by Gasteiger charge is 2.37. The number of alkyl halides is 3. The second kappa shape index (κ2) is 4.22. The summed E-state index contributed by atoms with van der Waals surface area (Å²) < 4.78 is 44.4. The summed E-state index contributed by atoms with van der Waals surface area (Å²) in [4.78, 5) is 16.9. The van der Waals surface area contributed by atoms with Crippen molar-refractivity contribution in [2.45, 2.75) is 6.18 Å². The van der Waals surface area contributed by atoms with Crippen LogP contribution in [0.4, 0.5) is 13.2 Å². The lowest BCUT2D eigenvalue weighted by molar-refractivity contribution is -0.135. The molecule has 0 bridgehead atoms. The highest BCUT2D eigenvalue weighted by molar-refractivity contribution is 5.83. The SMILES string of the molecule is O=c1[nH]c2c(C(F)(F)F)c(-c3ccccc3)cnc2o1. The van der Waals surface area contributed by atoms with Crippen LogP contribution in [0.3, 0.4) is 0 Å². The zero-order valence-corrected chi connectivity index (χ0v) is 9.86. The number of pyridine rings is 1. The van der Waals surface area contributed by atoms with Crippen LogP contribution in [0.2, 0.25) is 0 Å². The summed E-state index contributed by atoms with van der Waals surface area (Å²) >= 11 is 0. The number of halogens is 3. The number of H-pyrrole nitrogens is 1. The van der Waals surface area contributed by atoms with Gasteiger partial charge >= 0.3 is 11.9 Å². The Kier molecular flexibility index (Phi) is 2.63. The van der Waals surface area contributed by atoms with Gasteiger partial charge in [-0.3, -0.25) is 4.98 Å². The van der Waals surface area contributed by atoms with E-state index < -0.39 is 23.0 Å². The van der Waals surface area contributed by atoms with Gasteiger partial charge in [-0.1, -0.05) is 30.3 Å². The number of benzene rings is 1. The van der Waals surface area contributed by atoms with Crippen molar-refractivity contribution in [2.24, 2.45) is 0 Å². The van der Waals surface area contributed by atoms with Crippen molar-refractivity contribution >= 4 is 11.2 Å². The summed E-state index contributed by atoms with van der Waals surface area (Å²) in [6.45, 7) is 0. The molecule has 0 aliphatic heterocycles. The number of hydrogen-bond donors (Lipinski definition) is 1. The summed E-state index contributed by atoms with van der Waals surface area (Å²) in [6, 6.07) is 8.02. The first kappa shape index (κ1) is 12.5. The van der Waals surface area contributed by atoms with Crippen LogP contribution < -0.4 is 5.76 Å². The van der Waals surface area contributed by atoms with E-state index in [0.717, 1.165) is 6.20 Å². The Balaban J connectivity index is 2.41. The number of hydrogen-bond acceptors (Lipinski definition) is 3. The molecule has 2 heterocycles. The summed E-state index contributed by atoms with van der Waals surface area (Å²) in [5.74, 6) is -0.969. The minimum Gasteiger partial charge on any atom is -0.389 e. The monoisotopic (exact) mass is 280 g/mol. The van der Waals surface area contributed by atoms with E-state index in [2.05, 4.69) is 9.40 Å². The lowest BCUT2D eigenvalue weighted by Crippen LogP contribution is -2.09. The zero-order valence-electron chi connectivity index (χ0n) is 9.86. The van der Waals surface area contributed by atoms with Crippen molar-refractivity contribution in [2.75, 3.05) is 0 Å². The van der Waals surface area contributed by atoms with Gasteiger partial charge in [0.1, 0.15) is 5.52 Å². The standard InChI is InChI=1S/C13H7F3N2O2/c14-13(15,16)9-8(7-4-2-1-3-5-7)6-17-11-10(9)18-12(19)20-11/h1-6H,(H,18,19). The van der Waals surface area contributed by atoms with Crippen LogP contribution in [0.25, 0.3) is 22.4 Å². The summed E-state index contributed by atoms with van der Waals surface area (Å²) in [6.07, 6.45) is -3.59. The van der Waals surface area contributed by atoms with Crippen LogP contribution >= 0.6 is 0 Å². The number of fused-ring (bicyclic) bond motifs is 1. The van der Waals surface area contributed by atoms with Gasteiger partial charge in [0, 0.05) is 11.8 Å². The van der Waals surface area contributed by atoms with E-state index >= 15 is 0 Å². The van der Waals surface area contributed by atoms with Crippen LogP contribution in [-0.2, 0) is 6.18 Å². The van der Waals surface area contributed by atoms with Gasteiger partial charge in [0.2, 0.25) is 5.71 Å². The number of oxazole rings is 1. The van der Waals surface area contributed by atoms with Gasteiger partial charge in [0.15, 0.2) is 0 Å². The first-order valence-corrected chi connectivity index (χ1v) is 5.61. The van der Waals surface area contributed by atoms with E-state index in [-0.39, 0.29) is 11.3 Å². The van der Waals surface area contributed by atoms with Crippen molar-refractivity contribution < 1.29 is 17.6 Å². The molecule has 0 radical (unpaired) electrons. The number of aromatic amines is 1. The second-order valence-corrected chi connectivity index (χ2v) is 4.11. The van der Waals surface area contributed by atoms with Crippen molar-refractivity contribution in [1.29, 1.82) is 0 Å². The van der Waals surface area contributed by atoms with E-state index in [1.807, 2.05) is 4.98 Å². The Morgan fingerprint density at radius 2 is 1.85 bits per heavy atom. The maximum absolute atomic E-state index is 13.3. The first-order valence-electron chi connectivity index (χ1n) is 5.61. The molecular formula is C13H7F3N2O2. The highest BCUT2D eigenvalue weighted by Crippen LogP contribution is 2.39. The summed E-state index contributed by atoms with van der Waals surface area (Å²) in [5, 5.41) is 0. The molecule has 0 saturated carbocycles. The van der Waals surface area contributed by atoms with E-state index in [1.54, 1.807) is 18.2 Å². The van der Waals surface area contributed by atoms with E-state index in [4.69, 9.17) is 0 Å². The molecule has 2 aromatic heterocycles. The molecule has 0 fully saturated rings. The minimum atomic E-state index is -4.64. The number of rotatable bonds is 1. The second-order valence-electron chi connectivity index (χ2n) is 4.11. The molecule has 1 aromatic carbocycles. The molecule has 0 spiro atoms. The lowest BCUT2D eigenvalue weighted by atomic mass is 10.0. The molecule has 4 nitrogen and oxygen atoms in total. The number of nitrogens with zero attached hydrogens (tertiary/aromatic N) is 1. The third kappa shape index (κ3) is 1.97. The fourth-order valence-corrected chi connectivity index (χ4v) is 2.03. The summed E-state index contributed by atoms with van der Waals surface area (Å²) in [5.41, 5.74) is -1.51. The minimum absolute atomic E-state index is 0.109. The van der Waals surface area contributed by atoms with Crippen LogP contribution in [0.5, 0.6) is 0 Å². The van der Waals surface area contributed by atoms with Gasteiger partial charge in [-0.15, -0.1) is 0 Å². The molecule has 1 N–H and O–H groups in total. The lowest BCUT2D eigenvalue weighted by Gasteiger charge is -2.12.